The van der Waals surface area contributed by atoms with E-state index in [1.807, 2.05) is 13.8 Å². The van der Waals surface area contributed by atoms with Crippen LogP contribution in [-0.4, -0.2) is 19.3 Å². The highest BCUT2D eigenvalue weighted by molar-refractivity contribution is 6.62. The highest BCUT2D eigenvalue weighted by Gasteiger charge is 2.44. The molecule has 1 aromatic carbocycles. The Morgan fingerprint density at radius 3 is 2.84 bits per heavy atom. The molecule has 19 heavy (non-hydrogen) atoms. The van der Waals surface area contributed by atoms with Crippen LogP contribution in [0.1, 0.15) is 25.8 Å². The van der Waals surface area contributed by atoms with Crippen LogP contribution in [0.2, 0.25) is 0 Å². The van der Waals surface area contributed by atoms with E-state index in [4.69, 9.17) is 14.0 Å². The molecule has 2 aliphatic rings. The van der Waals surface area contributed by atoms with E-state index in [2.05, 4.69) is 6.58 Å². The molecule has 3 nitrogen and oxygen atoms in total. The van der Waals surface area contributed by atoms with Crippen molar-refractivity contribution >= 4 is 12.6 Å². The predicted molar refractivity (Wildman–Crippen MR) is 71.0 cm³/mol. The van der Waals surface area contributed by atoms with Crippen LogP contribution >= 0.6 is 0 Å². The minimum Gasteiger partial charge on any atom is -0.534 e. The van der Waals surface area contributed by atoms with Gasteiger partial charge in [-0.05, 0) is 32.8 Å². The lowest BCUT2D eigenvalue weighted by Gasteiger charge is -2.19. The van der Waals surface area contributed by atoms with Crippen LogP contribution in [0.15, 0.2) is 24.5 Å². The lowest BCUT2D eigenvalue weighted by molar-refractivity contribution is 0.173. The Morgan fingerprint density at radius 1 is 1.37 bits per heavy atom. The molecule has 0 aromatic heterocycles. The van der Waals surface area contributed by atoms with Crippen molar-refractivity contribution in [3.63, 3.8) is 0 Å². The minimum absolute atomic E-state index is 0.285. The number of hydrogen-bond donors (Lipinski definition) is 0. The molecule has 3 rings (SSSR count). The van der Waals surface area contributed by atoms with Gasteiger partial charge in [0.25, 0.3) is 0 Å². The molecule has 2 aliphatic heterocycles. The number of rotatable bonds is 1. The van der Waals surface area contributed by atoms with E-state index in [1.54, 1.807) is 12.1 Å². The van der Waals surface area contributed by atoms with Crippen molar-refractivity contribution in [1.82, 2.24) is 0 Å². The Kier molecular flexibility index (Phi) is 2.82. The van der Waals surface area contributed by atoms with Gasteiger partial charge in [0.15, 0.2) is 0 Å². The molecular weight excluding hydrogens is 246 g/mol. The monoisotopic (exact) mass is 262 g/mol. The first-order valence-electron chi connectivity index (χ1n) is 6.47. The number of benzene rings is 1. The summed E-state index contributed by atoms with van der Waals surface area (Å²) in [4.78, 5) is 0. The Bertz CT molecular complexity index is 542. The van der Waals surface area contributed by atoms with E-state index in [0.717, 1.165) is 6.42 Å². The van der Waals surface area contributed by atoms with Crippen LogP contribution in [0.3, 0.4) is 0 Å². The third-order valence-electron chi connectivity index (χ3n) is 3.64. The number of hydrogen-bond acceptors (Lipinski definition) is 3. The molecule has 0 bridgehead atoms. The third kappa shape index (κ3) is 2.02. The first kappa shape index (κ1) is 12.5. The summed E-state index contributed by atoms with van der Waals surface area (Å²) < 4.78 is 31.2. The molecule has 100 valence electrons. The summed E-state index contributed by atoms with van der Waals surface area (Å²) in [5, 5.41) is 0. The second-order valence-electron chi connectivity index (χ2n) is 5.40. The summed E-state index contributed by atoms with van der Waals surface area (Å²) in [5.74, 6) is 0.863. The van der Waals surface area contributed by atoms with E-state index in [1.165, 1.54) is 0 Å². The van der Waals surface area contributed by atoms with Gasteiger partial charge in [0.1, 0.15) is 17.2 Å². The molecule has 0 radical (unpaired) electrons. The molecule has 0 N–H and O–H groups in total. The summed E-state index contributed by atoms with van der Waals surface area (Å²) in [6.07, 6.45) is 1.52. The largest absolute Gasteiger partial charge is 0.566 e. The highest BCUT2D eigenvalue weighted by atomic mass is 19.1. The average molecular weight is 262 g/mol. The standard InChI is InChI=1S/C14H16BFO3/c1-9-14(2,3)19-15(18-9)11-6-7-12-10(13(11)16)5-4-8-17-12/h6-7H,1,4-5,8H2,2-3H3. The summed E-state index contributed by atoms with van der Waals surface area (Å²) >= 11 is 0. The zero-order valence-corrected chi connectivity index (χ0v) is 11.2. The topological polar surface area (TPSA) is 27.7 Å². The van der Waals surface area contributed by atoms with E-state index in [0.29, 0.717) is 35.6 Å². The molecule has 0 spiro atoms. The lowest BCUT2D eigenvalue weighted by Crippen LogP contribution is -2.37. The van der Waals surface area contributed by atoms with Crippen LogP contribution < -0.4 is 10.2 Å². The average Bonchev–Trinajstić information content (AvgIpc) is 2.64. The van der Waals surface area contributed by atoms with Crippen molar-refractivity contribution in [2.75, 3.05) is 6.61 Å². The van der Waals surface area contributed by atoms with Gasteiger partial charge in [0.2, 0.25) is 0 Å². The number of halogens is 1. The fourth-order valence-electron chi connectivity index (χ4n) is 2.36. The second-order valence-corrected chi connectivity index (χ2v) is 5.40. The van der Waals surface area contributed by atoms with Gasteiger partial charge in [-0.25, -0.2) is 4.39 Å². The molecule has 5 heteroatoms. The van der Waals surface area contributed by atoms with Crippen LogP contribution in [-0.2, 0) is 15.7 Å². The predicted octanol–water partition coefficient (Wildman–Crippen LogP) is 2.19. The molecular formula is C14H16BFO3. The fraction of sp³-hybridized carbons (Fsp3) is 0.429. The van der Waals surface area contributed by atoms with Crippen molar-refractivity contribution in [1.29, 1.82) is 0 Å². The molecule has 1 saturated heterocycles. The van der Waals surface area contributed by atoms with Crippen molar-refractivity contribution < 1.29 is 18.4 Å². The normalized spacial score (nSPS) is 20.8. The van der Waals surface area contributed by atoms with Crippen LogP contribution in [0.4, 0.5) is 4.39 Å². The van der Waals surface area contributed by atoms with Gasteiger partial charge in [0, 0.05) is 11.0 Å². The summed E-state index contributed by atoms with van der Waals surface area (Å²) in [6.45, 7) is 8.16. The first-order chi connectivity index (χ1) is 8.99. The molecule has 1 fully saturated rings. The molecule has 1 aromatic rings. The third-order valence-corrected chi connectivity index (χ3v) is 3.64. The van der Waals surface area contributed by atoms with Gasteiger partial charge < -0.3 is 14.0 Å². The van der Waals surface area contributed by atoms with Gasteiger partial charge in [-0.15, -0.1) is 0 Å². The zero-order valence-electron chi connectivity index (χ0n) is 11.2. The highest BCUT2D eigenvalue weighted by Crippen LogP contribution is 2.31. The van der Waals surface area contributed by atoms with Gasteiger partial charge >= 0.3 is 7.12 Å². The van der Waals surface area contributed by atoms with E-state index >= 15 is 0 Å². The molecule has 0 unspecified atom stereocenters. The maximum atomic E-state index is 14.5. The summed E-state index contributed by atoms with van der Waals surface area (Å²) in [6, 6.07) is 3.45. The van der Waals surface area contributed by atoms with Gasteiger partial charge in [-0.1, -0.05) is 12.6 Å². The Labute approximate surface area is 112 Å². The minimum atomic E-state index is -0.727. The molecule has 0 amide bonds. The Hall–Kier alpha value is -1.49. The molecule has 0 aliphatic carbocycles. The van der Waals surface area contributed by atoms with E-state index in [9.17, 15) is 4.39 Å². The van der Waals surface area contributed by atoms with Crippen molar-refractivity contribution in [3.05, 3.63) is 35.9 Å². The smallest absolute Gasteiger partial charge is 0.534 e. The molecule has 2 heterocycles. The quantitative estimate of drug-likeness (QED) is 0.726. The Balaban J connectivity index is 1.96. The number of fused-ring (bicyclic) bond motifs is 1. The van der Waals surface area contributed by atoms with E-state index < -0.39 is 12.7 Å². The van der Waals surface area contributed by atoms with Gasteiger partial charge in [0.05, 0.1) is 12.4 Å². The summed E-state index contributed by atoms with van der Waals surface area (Å²) in [5.41, 5.74) is 0.436. The summed E-state index contributed by atoms with van der Waals surface area (Å²) in [7, 11) is -0.727. The fourth-order valence-corrected chi connectivity index (χ4v) is 2.36. The van der Waals surface area contributed by atoms with Crippen LogP contribution in [0, 0.1) is 5.82 Å². The maximum Gasteiger partial charge on any atom is 0.566 e. The van der Waals surface area contributed by atoms with Crippen molar-refractivity contribution in [3.8, 4) is 5.75 Å². The van der Waals surface area contributed by atoms with Gasteiger partial charge in [-0.2, -0.15) is 0 Å². The second kappa shape index (κ2) is 4.27. The van der Waals surface area contributed by atoms with Crippen molar-refractivity contribution in [2.45, 2.75) is 32.3 Å². The SMILES string of the molecule is C=C1OB(c2ccc3c(c2F)CCCO3)OC1(C)C. The van der Waals surface area contributed by atoms with E-state index in [-0.39, 0.29) is 5.82 Å². The first-order valence-corrected chi connectivity index (χ1v) is 6.47. The maximum absolute atomic E-state index is 14.5. The lowest BCUT2D eigenvalue weighted by atomic mass is 9.77. The van der Waals surface area contributed by atoms with Crippen LogP contribution in [0.25, 0.3) is 0 Å². The number of ether oxygens (including phenoxy) is 1. The van der Waals surface area contributed by atoms with Crippen molar-refractivity contribution in [2.24, 2.45) is 0 Å². The van der Waals surface area contributed by atoms with Crippen LogP contribution in [0.5, 0.6) is 5.75 Å². The molecule has 0 atom stereocenters. The zero-order chi connectivity index (χ0) is 13.6. The molecule has 0 saturated carbocycles. The van der Waals surface area contributed by atoms with Gasteiger partial charge in [-0.3, -0.25) is 0 Å². The Morgan fingerprint density at radius 2 is 2.16 bits per heavy atom.